The Morgan fingerprint density at radius 1 is 1.35 bits per heavy atom. The standard InChI is InChI=1S/C18H23N3O2/c1-12(2)23-16-5-3-4-13(8-16)14-9-17-18(22)20-10-15(6-7-19)21(17)11-14/h3-5,8-9,11-12,15H,6-7,10,19H2,1-2H3,(H,20,22). The van der Waals surface area contributed by atoms with Gasteiger partial charge in [-0.05, 0) is 50.6 Å². The van der Waals surface area contributed by atoms with Gasteiger partial charge in [0, 0.05) is 18.3 Å². The van der Waals surface area contributed by atoms with E-state index in [2.05, 4.69) is 9.88 Å². The first-order chi connectivity index (χ1) is 11.1. The second-order valence-corrected chi connectivity index (χ2v) is 6.16. The molecule has 23 heavy (non-hydrogen) atoms. The van der Waals surface area contributed by atoms with Crippen LogP contribution in [0.3, 0.4) is 0 Å². The van der Waals surface area contributed by atoms with Crippen molar-refractivity contribution in [1.29, 1.82) is 0 Å². The Labute approximate surface area is 136 Å². The maximum absolute atomic E-state index is 12.1. The van der Waals surface area contributed by atoms with Gasteiger partial charge in [0.2, 0.25) is 0 Å². The highest BCUT2D eigenvalue weighted by Gasteiger charge is 2.25. The van der Waals surface area contributed by atoms with Crippen molar-refractivity contribution in [3.05, 3.63) is 42.2 Å². The van der Waals surface area contributed by atoms with Crippen LogP contribution in [0.1, 0.15) is 36.8 Å². The Morgan fingerprint density at radius 3 is 2.91 bits per heavy atom. The third-order valence-corrected chi connectivity index (χ3v) is 4.01. The molecule has 122 valence electrons. The lowest BCUT2D eigenvalue weighted by Gasteiger charge is -2.25. The average molecular weight is 313 g/mol. The van der Waals surface area contributed by atoms with E-state index >= 15 is 0 Å². The van der Waals surface area contributed by atoms with Gasteiger partial charge in [-0.3, -0.25) is 4.79 Å². The van der Waals surface area contributed by atoms with Gasteiger partial charge in [-0.15, -0.1) is 0 Å². The summed E-state index contributed by atoms with van der Waals surface area (Å²) in [5.41, 5.74) is 8.45. The molecule has 1 amide bonds. The molecular formula is C18H23N3O2. The number of aromatic nitrogens is 1. The van der Waals surface area contributed by atoms with Crippen molar-refractivity contribution in [3.8, 4) is 16.9 Å². The van der Waals surface area contributed by atoms with E-state index in [4.69, 9.17) is 10.5 Å². The molecule has 5 heteroatoms. The number of hydrogen-bond donors (Lipinski definition) is 2. The number of carbonyl (C=O) groups is 1. The molecular weight excluding hydrogens is 290 g/mol. The molecule has 5 nitrogen and oxygen atoms in total. The molecule has 2 aromatic rings. The molecule has 0 aliphatic carbocycles. The Hall–Kier alpha value is -2.27. The van der Waals surface area contributed by atoms with E-state index in [1.54, 1.807) is 0 Å². The van der Waals surface area contributed by atoms with Gasteiger partial charge < -0.3 is 20.4 Å². The molecule has 1 aliphatic rings. The molecule has 1 unspecified atom stereocenters. The van der Waals surface area contributed by atoms with Crippen LogP contribution in [0, 0.1) is 0 Å². The molecule has 0 radical (unpaired) electrons. The topological polar surface area (TPSA) is 69.3 Å². The summed E-state index contributed by atoms with van der Waals surface area (Å²) in [6.07, 6.45) is 3.02. The van der Waals surface area contributed by atoms with Crippen molar-refractivity contribution >= 4 is 5.91 Å². The van der Waals surface area contributed by atoms with Crippen LogP contribution in [-0.4, -0.2) is 29.7 Å². The lowest BCUT2D eigenvalue weighted by atomic mass is 10.1. The number of ether oxygens (including phenoxy) is 1. The average Bonchev–Trinajstić information content (AvgIpc) is 2.96. The molecule has 0 saturated carbocycles. The van der Waals surface area contributed by atoms with Crippen molar-refractivity contribution in [2.45, 2.75) is 32.4 Å². The van der Waals surface area contributed by atoms with Crippen LogP contribution in [0.2, 0.25) is 0 Å². The Morgan fingerprint density at radius 2 is 2.17 bits per heavy atom. The molecule has 3 N–H and O–H groups in total. The highest BCUT2D eigenvalue weighted by atomic mass is 16.5. The lowest BCUT2D eigenvalue weighted by Crippen LogP contribution is -2.39. The first kappa shape index (κ1) is 15.6. The largest absolute Gasteiger partial charge is 0.491 e. The van der Waals surface area contributed by atoms with Crippen LogP contribution in [0.5, 0.6) is 5.75 Å². The number of nitrogens with one attached hydrogen (secondary N) is 1. The minimum Gasteiger partial charge on any atom is -0.491 e. The number of nitrogens with two attached hydrogens (primary N) is 1. The number of carbonyl (C=O) groups excluding carboxylic acids is 1. The number of benzene rings is 1. The summed E-state index contributed by atoms with van der Waals surface area (Å²) in [6.45, 7) is 5.25. The SMILES string of the molecule is CC(C)Oc1cccc(-c2cc3n(c2)C(CCN)CNC3=O)c1. The van der Waals surface area contributed by atoms with Gasteiger partial charge in [0.1, 0.15) is 11.4 Å². The fraction of sp³-hybridized carbons (Fsp3) is 0.389. The van der Waals surface area contributed by atoms with Gasteiger partial charge >= 0.3 is 0 Å². The van der Waals surface area contributed by atoms with Crippen molar-refractivity contribution in [3.63, 3.8) is 0 Å². The first-order valence-electron chi connectivity index (χ1n) is 8.05. The van der Waals surface area contributed by atoms with Gasteiger partial charge in [0.15, 0.2) is 0 Å². The Kier molecular flexibility index (Phi) is 4.39. The summed E-state index contributed by atoms with van der Waals surface area (Å²) in [6, 6.07) is 10.1. The van der Waals surface area contributed by atoms with Crippen molar-refractivity contribution in [2.75, 3.05) is 13.1 Å². The molecule has 0 saturated heterocycles. The molecule has 2 heterocycles. The maximum atomic E-state index is 12.1. The van der Waals surface area contributed by atoms with E-state index in [1.807, 2.05) is 50.4 Å². The molecule has 0 fully saturated rings. The molecule has 0 bridgehead atoms. The summed E-state index contributed by atoms with van der Waals surface area (Å²) in [5.74, 6) is 0.809. The predicted molar refractivity (Wildman–Crippen MR) is 90.7 cm³/mol. The number of nitrogens with zero attached hydrogens (tertiary/aromatic N) is 1. The first-order valence-corrected chi connectivity index (χ1v) is 8.05. The molecule has 1 aromatic carbocycles. The zero-order valence-corrected chi connectivity index (χ0v) is 13.6. The van der Waals surface area contributed by atoms with Crippen LogP contribution in [-0.2, 0) is 0 Å². The van der Waals surface area contributed by atoms with E-state index in [-0.39, 0.29) is 18.1 Å². The summed E-state index contributed by atoms with van der Waals surface area (Å²) in [4.78, 5) is 12.1. The van der Waals surface area contributed by atoms with Gasteiger partial charge in [-0.2, -0.15) is 0 Å². The van der Waals surface area contributed by atoms with Crippen LogP contribution >= 0.6 is 0 Å². The van der Waals surface area contributed by atoms with E-state index in [0.717, 1.165) is 23.3 Å². The van der Waals surface area contributed by atoms with Crippen LogP contribution in [0.25, 0.3) is 11.1 Å². The van der Waals surface area contributed by atoms with Gasteiger partial charge in [0.25, 0.3) is 5.91 Å². The summed E-state index contributed by atoms with van der Waals surface area (Å²) in [5, 5.41) is 2.94. The van der Waals surface area contributed by atoms with E-state index in [9.17, 15) is 4.79 Å². The van der Waals surface area contributed by atoms with Crippen LogP contribution in [0.15, 0.2) is 36.5 Å². The molecule has 1 aromatic heterocycles. The monoisotopic (exact) mass is 313 g/mol. The predicted octanol–water partition coefficient (Wildman–Crippen LogP) is 2.58. The van der Waals surface area contributed by atoms with Crippen LogP contribution in [0.4, 0.5) is 0 Å². The maximum Gasteiger partial charge on any atom is 0.268 e. The summed E-state index contributed by atoms with van der Waals surface area (Å²) < 4.78 is 7.81. The number of hydrogen-bond acceptors (Lipinski definition) is 3. The second-order valence-electron chi connectivity index (χ2n) is 6.16. The molecule has 0 spiro atoms. The van der Waals surface area contributed by atoms with Crippen molar-refractivity contribution < 1.29 is 9.53 Å². The minimum atomic E-state index is -0.0286. The van der Waals surface area contributed by atoms with E-state index < -0.39 is 0 Å². The zero-order valence-electron chi connectivity index (χ0n) is 13.6. The number of fused-ring (bicyclic) bond motifs is 1. The van der Waals surface area contributed by atoms with Crippen LogP contribution < -0.4 is 15.8 Å². The third-order valence-electron chi connectivity index (χ3n) is 4.01. The molecule has 1 aliphatic heterocycles. The Bertz CT molecular complexity index is 706. The van der Waals surface area contributed by atoms with E-state index in [1.165, 1.54) is 0 Å². The zero-order chi connectivity index (χ0) is 16.4. The third kappa shape index (κ3) is 3.24. The van der Waals surface area contributed by atoms with Gasteiger partial charge in [-0.25, -0.2) is 0 Å². The quantitative estimate of drug-likeness (QED) is 0.891. The summed E-state index contributed by atoms with van der Waals surface area (Å²) in [7, 11) is 0. The lowest BCUT2D eigenvalue weighted by molar-refractivity contribution is 0.0913. The molecule has 3 rings (SSSR count). The van der Waals surface area contributed by atoms with Gasteiger partial charge in [-0.1, -0.05) is 12.1 Å². The highest BCUT2D eigenvalue weighted by molar-refractivity contribution is 5.95. The Balaban J connectivity index is 1.95. The van der Waals surface area contributed by atoms with Crippen molar-refractivity contribution in [1.82, 2.24) is 9.88 Å². The molecule has 1 atom stereocenters. The summed E-state index contributed by atoms with van der Waals surface area (Å²) >= 11 is 0. The normalized spacial score (nSPS) is 17.0. The fourth-order valence-electron chi connectivity index (χ4n) is 2.98. The minimum absolute atomic E-state index is 0.0286. The highest BCUT2D eigenvalue weighted by Crippen LogP contribution is 2.30. The smallest absolute Gasteiger partial charge is 0.268 e. The number of amides is 1. The van der Waals surface area contributed by atoms with Gasteiger partial charge in [0.05, 0.1) is 12.1 Å². The van der Waals surface area contributed by atoms with E-state index in [0.29, 0.717) is 18.8 Å². The fourth-order valence-corrected chi connectivity index (χ4v) is 2.98. The van der Waals surface area contributed by atoms with Crippen molar-refractivity contribution in [2.24, 2.45) is 5.73 Å². The second kappa shape index (κ2) is 6.46. The number of rotatable bonds is 5.